The number of piperazine rings is 1. The highest BCUT2D eigenvalue weighted by molar-refractivity contribution is 5.82. The summed E-state index contributed by atoms with van der Waals surface area (Å²) in [4.78, 5) is 28.2. The maximum atomic E-state index is 12.0. The summed E-state index contributed by atoms with van der Waals surface area (Å²) in [5.41, 5.74) is 13.1. The maximum absolute atomic E-state index is 12.0. The molecule has 26 heavy (non-hydrogen) atoms. The molecule has 0 saturated carbocycles. The summed E-state index contributed by atoms with van der Waals surface area (Å²) in [5, 5.41) is 0. The number of nitrogens with two attached hydrogens (primary N) is 2. The van der Waals surface area contributed by atoms with Crippen molar-refractivity contribution in [1.82, 2.24) is 9.80 Å². The molecule has 0 aliphatic carbocycles. The van der Waals surface area contributed by atoms with E-state index < -0.39 is 12.1 Å². The molecule has 1 fully saturated rings. The Balaban J connectivity index is 1.73. The molecule has 1 aliphatic heterocycles. The second-order valence-electron chi connectivity index (χ2n) is 6.50. The lowest BCUT2D eigenvalue weighted by Gasteiger charge is -2.40. The molecule has 136 valence electrons. The first-order chi connectivity index (χ1) is 12.6. The molecule has 3 rings (SSSR count). The number of hydrogen-bond acceptors (Lipinski definition) is 4. The van der Waals surface area contributed by atoms with Crippen LogP contribution in [0.5, 0.6) is 0 Å². The van der Waals surface area contributed by atoms with Crippen molar-refractivity contribution in [3.05, 3.63) is 71.8 Å². The Morgan fingerprint density at radius 1 is 0.654 bits per heavy atom. The molecular weight excluding hydrogens is 328 g/mol. The second-order valence-corrected chi connectivity index (χ2v) is 6.50. The smallest absolute Gasteiger partial charge is 0.239 e. The predicted octanol–water partition coefficient (Wildman–Crippen LogP) is 1.06. The minimum atomic E-state index is -0.456. The van der Waals surface area contributed by atoms with Crippen LogP contribution in [0.4, 0.5) is 0 Å². The second kappa shape index (κ2) is 8.12. The number of hydrogen-bond donors (Lipinski definition) is 2. The van der Waals surface area contributed by atoms with Gasteiger partial charge in [0, 0.05) is 26.2 Å². The molecule has 1 aliphatic rings. The number of benzene rings is 2. The molecule has 2 aromatic rings. The van der Waals surface area contributed by atoms with Crippen LogP contribution in [0.15, 0.2) is 60.7 Å². The largest absolute Gasteiger partial charge is 0.368 e. The zero-order valence-electron chi connectivity index (χ0n) is 14.6. The Morgan fingerprint density at radius 2 is 0.962 bits per heavy atom. The molecule has 2 atom stereocenters. The van der Waals surface area contributed by atoms with Gasteiger partial charge < -0.3 is 11.5 Å². The fraction of sp³-hybridized carbons (Fsp3) is 0.300. The molecule has 6 nitrogen and oxygen atoms in total. The molecule has 6 heteroatoms. The summed E-state index contributed by atoms with van der Waals surface area (Å²) >= 11 is 0. The van der Waals surface area contributed by atoms with Gasteiger partial charge in [0.15, 0.2) is 0 Å². The summed E-state index contributed by atoms with van der Waals surface area (Å²) in [7, 11) is 0. The SMILES string of the molecule is NC(=O)[C@H](c1ccccc1)N1CCN([C@@H](C(N)=O)c2ccccc2)CC1. The number of rotatable bonds is 6. The molecule has 0 spiro atoms. The van der Waals surface area contributed by atoms with Crippen molar-refractivity contribution in [3.8, 4) is 0 Å². The van der Waals surface area contributed by atoms with E-state index in [9.17, 15) is 9.59 Å². The Hall–Kier alpha value is -2.70. The maximum Gasteiger partial charge on any atom is 0.239 e. The van der Waals surface area contributed by atoms with Crippen LogP contribution in [-0.2, 0) is 9.59 Å². The van der Waals surface area contributed by atoms with Crippen molar-refractivity contribution in [2.45, 2.75) is 12.1 Å². The predicted molar refractivity (Wildman–Crippen MR) is 99.9 cm³/mol. The molecule has 0 unspecified atom stereocenters. The average Bonchev–Trinajstić information content (AvgIpc) is 2.65. The molecular formula is C20H24N4O2. The van der Waals surface area contributed by atoms with E-state index in [4.69, 9.17) is 11.5 Å². The highest BCUT2D eigenvalue weighted by atomic mass is 16.2. The fourth-order valence-electron chi connectivity index (χ4n) is 3.63. The van der Waals surface area contributed by atoms with Crippen LogP contribution >= 0.6 is 0 Å². The zero-order valence-corrected chi connectivity index (χ0v) is 14.6. The van der Waals surface area contributed by atoms with E-state index in [0.29, 0.717) is 26.2 Å². The normalized spacial score (nSPS) is 18.2. The van der Waals surface area contributed by atoms with Crippen molar-refractivity contribution in [3.63, 3.8) is 0 Å². The molecule has 0 radical (unpaired) electrons. The van der Waals surface area contributed by atoms with Gasteiger partial charge in [0.05, 0.1) is 0 Å². The number of carbonyl (C=O) groups excluding carboxylic acids is 2. The van der Waals surface area contributed by atoms with Gasteiger partial charge in [-0.3, -0.25) is 19.4 Å². The molecule has 1 saturated heterocycles. The van der Waals surface area contributed by atoms with Gasteiger partial charge in [0.1, 0.15) is 12.1 Å². The van der Waals surface area contributed by atoms with Crippen molar-refractivity contribution in [2.75, 3.05) is 26.2 Å². The Bertz CT molecular complexity index is 677. The Kier molecular flexibility index (Phi) is 5.65. The average molecular weight is 352 g/mol. The first-order valence-electron chi connectivity index (χ1n) is 8.74. The highest BCUT2D eigenvalue weighted by Crippen LogP contribution is 2.26. The molecule has 2 amide bonds. The van der Waals surface area contributed by atoms with E-state index in [1.807, 2.05) is 60.7 Å². The third kappa shape index (κ3) is 3.92. The molecule has 1 heterocycles. The minimum absolute atomic E-state index is 0.362. The standard InChI is InChI=1S/C20H24N4O2/c21-19(25)17(15-7-3-1-4-8-15)23-11-13-24(14-12-23)18(20(22)26)16-9-5-2-6-10-16/h1-10,17-18H,11-14H2,(H2,21,25)(H2,22,26)/t17-,18+. The third-order valence-electron chi connectivity index (χ3n) is 4.85. The van der Waals surface area contributed by atoms with Crippen LogP contribution in [-0.4, -0.2) is 47.8 Å². The Labute approximate surface area is 153 Å². The van der Waals surface area contributed by atoms with E-state index in [0.717, 1.165) is 11.1 Å². The van der Waals surface area contributed by atoms with Gasteiger partial charge in [-0.05, 0) is 11.1 Å². The van der Waals surface area contributed by atoms with Crippen molar-refractivity contribution in [2.24, 2.45) is 11.5 Å². The lowest BCUT2D eigenvalue weighted by Crippen LogP contribution is -2.52. The number of primary amides is 2. The van der Waals surface area contributed by atoms with E-state index >= 15 is 0 Å². The Morgan fingerprint density at radius 3 is 1.23 bits per heavy atom. The molecule has 4 N–H and O–H groups in total. The van der Waals surface area contributed by atoms with Gasteiger partial charge >= 0.3 is 0 Å². The van der Waals surface area contributed by atoms with E-state index in [2.05, 4.69) is 9.80 Å². The van der Waals surface area contributed by atoms with E-state index in [-0.39, 0.29) is 11.8 Å². The quantitative estimate of drug-likeness (QED) is 0.813. The van der Waals surface area contributed by atoms with Gasteiger partial charge in [0.2, 0.25) is 11.8 Å². The molecule has 2 aromatic carbocycles. The lowest BCUT2D eigenvalue weighted by atomic mass is 10.0. The molecule has 0 aromatic heterocycles. The number of carbonyl (C=O) groups is 2. The van der Waals surface area contributed by atoms with E-state index in [1.54, 1.807) is 0 Å². The van der Waals surface area contributed by atoms with Crippen LogP contribution in [0, 0.1) is 0 Å². The zero-order chi connectivity index (χ0) is 18.5. The summed E-state index contributed by atoms with van der Waals surface area (Å²) in [5.74, 6) is -0.724. The fourth-order valence-corrected chi connectivity index (χ4v) is 3.63. The summed E-state index contributed by atoms with van der Waals surface area (Å²) in [6.45, 7) is 2.55. The van der Waals surface area contributed by atoms with Gasteiger partial charge in [-0.1, -0.05) is 60.7 Å². The highest BCUT2D eigenvalue weighted by Gasteiger charge is 2.33. The van der Waals surface area contributed by atoms with E-state index in [1.165, 1.54) is 0 Å². The summed E-state index contributed by atoms with van der Waals surface area (Å²) in [6, 6.07) is 18.2. The first-order valence-corrected chi connectivity index (χ1v) is 8.74. The third-order valence-corrected chi connectivity index (χ3v) is 4.85. The van der Waals surface area contributed by atoms with Crippen LogP contribution < -0.4 is 11.5 Å². The summed E-state index contributed by atoms with van der Waals surface area (Å²) < 4.78 is 0. The van der Waals surface area contributed by atoms with Crippen LogP contribution in [0.2, 0.25) is 0 Å². The van der Waals surface area contributed by atoms with Gasteiger partial charge in [-0.2, -0.15) is 0 Å². The summed E-state index contributed by atoms with van der Waals surface area (Å²) in [6.07, 6.45) is 0. The van der Waals surface area contributed by atoms with Crippen molar-refractivity contribution < 1.29 is 9.59 Å². The number of nitrogens with zero attached hydrogens (tertiary/aromatic N) is 2. The van der Waals surface area contributed by atoms with Crippen LogP contribution in [0.3, 0.4) is 0 Å². The lowest BCUT2D eigenvalue weighted by molar-refractivity contribution is -0.127. The molecule has 0 bridgehead atoms. The van der Waals surface area contributed by atoms with Crippen LogP contribution in [0.25, 0.3) is 0 Å². The number of amides is 2. The topological polar surface area (TPSA) is 92.7 Å². The van der Waals surface area contributed by atoms with Crippen LogP contribution in [0.1, 0.15) is 23.2 Å². The minimum Gasteiger partial charge on any atom is -0.368 e. The first kappa shape index (κ1) is 18.1. The van der Waals surface area contributed by atoms with Gasteiger partial charge in [0.25, 0.3) is 0 Å². The van der Waals surface area contributed by atoms with Gasteiger partial charge in [-0.15, -0.1) is 0 Å². The van der Waals surface area contributed by atoms with Gasteiger partial charge in [-0.25, -0.2) is 0 Å². The van der Waals surface area contributed by atoms with Crippen molar-refractivity contribution in [1.29, 1.82) is 0 Å². The monoisotopic (exact) mass is 352 g/mol. The van der Waals surface area contributed by atoms with Crippen molar-refractivity contribution >= 4 is 11.8 Å².